The van der Waals surface area contributed by atoms with Crippen molar-refractivity contribution in [1.82, 2.24) is 0 Å². The SMILES string of the molecule is C=C(C)C(=O)Nc1ccc(CCl)cc1.C=C(C)C(=O)Nc1ccc(Cc2ccccc2)cc1. The summed E-state index contributed by atoms with van der Waals surface area (Å²) in [5.41, 5.74) is 6.08. The molecular formula is C28H29ClN2O2. The molecule has 2 amide bonds. The lowest BCUT2D eigenvalue weighted by Gasteiger charge is -2.06. The highest BCUT2D eigenvalue weighted by atomic mass is 35.5. The third-order valence-electron chi connectivity index (χ3n) is 4.60. The van der Waals surface area contributed by atoms with Gasteiger partial charge < -0.3 is 10.6 Å². The number of hydrogen-bond acceptors (Lipinski definition) is 2. The molecule has 0 aliphatic carbocycles. The second-order valence-corrected chi connectivity index (χ2v) is 7.93. The standard InChI is InChI=1S/C17H17NO.C11H12ClNO/c1-13(2)17(19)18-16-10-8-15(9-11-16)12-14-6-4-3-5-7-14;1-8(2)11(14)13-10-5-3-9(7-12)4-6-10/h3-11H,1,12H2,2H3,(H,18,19);3-6H,1,7H2,2H3,(H,13,14). The molecule has 0 atom stereocenters. The van der Waals surface area contributed by atoms with Crippen LogP contribution in [0.5, 0.6) is 0 Å². The minimum absolute atomic E-state index is 0.143. The van der Waals surface area contributed by atoms with E-state index in [2.05, 4.69) is 35.9 Å². The minimum atomic E-state index is -0.163. The third kappa shape index (κ3) is 9.17. The zero-order valence-electron chi connectivity index (χ0n) is 19.0. The van der Waals surface area contributed by atoms with E-state index in [-0.39, 0.29) is 11.8 Å². The molecule has 4 nitrogen and oxygen atoms in total. The number of carbonyl (C=O) groups excluding carboxylic acids is 2. The van der Waals surface area contributed by atoms with Crippen LogP contribution in [-0.2, 0) is 21.9 Å². The molecular weight excluding hydrogens is 432 g/mol. The van der Waals surface area contributed by atoms with Gasteiger partial charge in [0.25, 0.3) is 11.8 Å². The van der Waals surface area contributed by atoms with E-state index in [0.29, 0.717) is 17.0 Å². The van der Waals surface area contributed by atoms with Crippen molar-refractivity contribution in [3.63, 3.8) is 0 Å². The van der Waals surface area contributed by atoms with Crippen molar-refractivity contribution in [2.75, 3.05) is 10.6 Å². The van der Waals surface area contributed by atoms with Crippen molar-refractivity contribution in [1.29, 1.82) is 0 Å². The van der Waals surface area contributed by atoms with Gasteiger partial charge in [0.1, 0.15) is 0 Å². The number of hydrogen-bond donors (Lipinski definition) is 2. The number of benzene rings is 3. The third-order valence-corrected chi connectivity index (χ3v) is 4.91. The first-order valence-corrected chi connectivity index (χ1v) is 11.0. The molecule has 0 spiro atoms. The maximum absolute atomic E-state index is 11.5. The number of nitrogens with one attached hydrogen (secondary N) is 2. The molecule has 33 heavy (non-hydrogen) atoms. The van der Waals surface area contributed by atoms with Crippen molar-refractivity contribution >= 4 is 34.8 Å². The number of carbonyl (C=O) groups is 2. The Balaban J connectivity index is 0.000000245. The molecule has 0 saturated heterocycles. The van der Waals surface area contributed by atoms with Crippen LogP contribution in [0.3, 0.4) is 0 Å². The summed E-state index contributed by atoms with van der Waals surface area (Å²) in [6.07, 6.45) is 0.898. The number of anilines is 2. The molecule has 0 unspecified atom stereocenters. The van der Waals surface area contributed by atoms with Crippen LogP contribution in [0.4, 0.5) is 11.4 Å². The zero-order valence-corrected chi connectivity index (χ0v) is 19.8. The van der Waals surface area contributed by atoms with Gasteiger partial charge in [0.2, 0.25) is 0 Å². The van der Waals surface area contributed by atoms with Crippen molar-refractivity contribution in [3.8, 4) is 0 Å². The molecule has 0 aliphatic rings. The van der Waals surface area contributed by atoms with Gasteiger partial charge >= 0.3 is 0 Å². The van der Waals surface area contributed by atoms with Gasteiger partial charge in [-0.05, 0) is 61.2 Å². The highest BCUT2D eigenvalue weighted by Crippen LogP contribution is 2.14. The topological polar surface area (TPSA) is 58.2 Å². The van der Waals surface area contributed by atoms with E-state index >= 15 is 0 Å². The first kappa shape index (κ1) is 25.6. The molecule has 3 aromatic rings. The van der Waals surface area contributed by atoms with E-state index in [1.165, 1.54) is 11.1 Å². The fraction of sp³-hybridized carbons (Fsp3) is 0.143. The van der Waals surface area contributed by atoms with E-state index in [9.17, 15) is 9.59 Å². The Hall–Kier alpha value is -3.63. The van der Waals surface area contributed by atoms with Gasteiger partial charge in [0, 0.05) is 28.4 Å². The zero-order chi connectivity index (χ0) is 24.2. The van der Waals surface area contributed by atoms with E-state index in [1.54, 1.807) is 13.8 Å². The predicted molar refractivity (Wildman–Crippen MR) is 139 cm³/mol. The fourth-order valence-electron chi connectivity index (χ4n) is 2.69. The molecule has 0 saturated carbocycles. The lowest BCUT2D eigenvalue weighted by molar-refractivity contribution is -0.113. The molecule has 0 fully saturated rings. The Bertz CT molecular complexity index is 1090. The van der Waals surface area contributed by atoms with Crippen LogP contribution in [0, 0.1) is 0 Å². The summed E-state index contributed by atoms with van der Waals surface area (Å²) in [5, 5.41) is 5.51. The summed E-state index contributed by atoms with van der Waals surface area (Å²) >= 11 is 5.63. The maximum atomic E-state index is 11.5. The highest BCUT2D eigenvalue weighted by molar-refractivity contribution is 6.17. The van der Waals surface area contributed by atoms with Gasteiger partial charge in [-0.3, -0.25) is 9.59 Å². The van der Waals surface area contributed by atoms with Crippen LogP contribution in [0.15, 0.2) is 103 Å². The van der Waals surface area contributed by atoms with Gasteiger partial charge in [0.05, 0.1) is 0 Å². The second-order valence-electron chi connectivity index (χ2n) is 7.66. The van der Waals surface area contributed by atoms with Crippen LogP contribution in [0.1, 0.15) is 30.5 Å². The van der Waals surface area contributed by atoms with Crippen LogP contribution in [0.2, 0.25) is 0 Å². The van der Waals surface area contributed by atoms with Crippen molar-refractivity contribution < 1.29 is 9.59 Å². The predicted octanol–water partition coefficient (Wildman–Crippen LogP) is 6.73. The Morgan fingerprint density at radius 1 is 0.667 bits per heavy atom. The average Bonchev–Trinajstić information content (AvgIpc) is 2.82. The van der Waals surface area contributed by atoms with Crippen molar-refractivity contribution in [2.24, 2.45) is 0 Å². The number of amides is 2. The monoisotopic (exact) mass is 460 g/mol. The normalized spacial score (nSPS) is 9.79. The summed E-state index contributed by atoms with van der Waals surface area (Å²) < 4.78 is 0. The summed E-state index contributed by atoms with van der Waals surface area (Å²) in [4.78, 5) is 22.7. The van der Waals surface area contributed by atoms with Crippen LogP contribution >= 0.6 is 11.6 Å². The van der Waals surface area contributed by atoms with E-state index in [4.69, 9.17) is 11.6 Å². The summed E-state index contributed by atoms with van der Waals surface area (Å²) in [5.74, 6) is 0.175. The summed E-state index contributed by atoms with van der Waals surface area (Å²) in [7, 11) is 0. The molecule has 0 aromatic heterocycles. The smallest absolute Gasteiger partial charge is 0.250 e. The molecule has 5 heteroatoms. The minimum Gasteiger partial charge on any atom is -0.322 e. The Kier molecular flexibility index (Phi) is 10.1. The largest absolute Gasteiger partial charge is 0.322 e. The Morgan fingerprint density at radius 3 is 1.45 bits per heavy atom. The van der Waals surface area contributed by atoms with E-state index in [0.717, 1.165) is 23.4 Å². The van der Waals surface area contributed by atoms with Gasteiger partial charge in [-0.1, -0.05) is 67.8 Å². The molecule has 0 radical (unpaired) electrons. The number of halogens is 1. The molecule has 3 aromatic carbocycles. The van der Waals surface area contributed by atoms with Gasteiger partial charge in [-0.25, -0.2) is 0 Å². The first-order valence-electron chi connectivity index (χ1n) is 10.5. The van der Waals surface area contributed by atoms with Crippen molar-refractivity contribution in [3.05, 3.63) is 120 Å². The van der Waals surface area contributed by atoms with Gasteiger partial charge in [0.15, 0.2) is 0 Å². The van der Waals surface area contributed by atoms with E-state index < -0.39 is 0 Å². The molecule has 0 heterocycles. The molecule has 170 valence electrons. The second kappa shape index (κ2) is 13.0. The summed E-state index contributed by atoms with van der Waals surface area (Å²) in [6, 6.07) is 25.6. The molecule has 3 rings (SSSR count). The lowest BCUT2D eigenvalue weighted by atomic mass is 10.0. The van der Waals surface area contributed by atoms with Crippen LogP contribution in [0.25, 0.3) is 0 Å². The lowest BCUT2D eigenvalue weighted by Crippen LogP contribution is -2.11. The maximum Gasteiger partial charge on any atom is 0.250 e. The van der Waals surface area contributed by atoms with E-state index in [1.807, 2.05) is 66.7 Å². The van der Waals surface area contributed by atoms with Crippen molar-refractivity contribution in [2.45, 2.75) is 26.1 Å². The highest BCUT2D eigenvalue weighted by Gasteiger charge is 2.03. The number of alkyl halides is 1. The van der Waals surface area contributed by atoms with Crippen LogP contribution in [-0.4, -0.2) is 11.8 Å². The first-order chi connectivity index (χ1) is 15.8. The Morgan fingerprint density at radius 2 is 1.06 bits per heavy atom. The summed E-state index contributed by atoms with van der Waals surface area (Å²) in [6.45, 7) is 10.5. The quantitative estimate of drug-likeness (QED) is 0.303. The van der Waals surface area contributed by atoms with Gasteiger partial charge in [-0.2, -0.15) is 0 Å². The van der Waals surface area contributed by atoms with Crippen LogP contribution < -0.4 is 10.6 Å². The number of rotatable bonds is 7. The average molecular weight is 461 g/mol. The Labute approximate surface area is 201 Å². The molecule has 0 bridgehead atoms. The molecule has 0 aliphatic heterocycles. The van der Waals surface area contributed by atoms with Gasteiger partial charge in [-0.15, -0.1) is 11.6 Å². The fourth-order valence-corrected chi connectivity index (χ4v) is 2.87. The molecule has 2 N–H and O–H groups in total.